The fourth-order valence-electron chi connectivity index (χ4n) is 0.955. The largest absolute Gasteiger partial charge is 0.466 e. The SMILES string of the molecule is CCCCOC(C)=O.CCCCOCCCC. The van der Waals surface area contributed by atoms with Crippen LogP contribution in [0.4, 0.5) is 0 Å². The van der Waals surface area contributed by atoms with Gasteiger partial charge in [0.25, 0.3) is 0 Å². The van der Waals surface area contributed by atoms with E-state index in [4.69, 9.17) is 4.74 Å². The van der Waals surface area contributed by atoms with Crippen molar-refractivity contribution in [1.82, 2.24) is 0 Å². The van der Waals surface area contributed by atoms with Gasteiger partial charge >= 0.3 is 5.97 Å². The van der Waals surface area contributed by atoms with Crippen molar-refractivity contribution in [2.24, 2.45) is 0 Å². The Kier molecular flexibility index (Phi) is 19.7. The Morgan fingerprint density at radius 2 is 1.24 bits per heavy atom. The molecule has 3 heteroatoms. The molecule has 0 aromatic rings. The van der Waals surface area contributed by atoms with Gasteiger partial charge in [-0.2, -0.15) is 0 Å². The zero-order valence-corrected chi connectivity index (χ0v) is 12.1. The summed E-state index contributed by atoms with van der Waals surface area (Å²) in [6.45, 7) is 10.3. The van der Waals surface area contributed by atoms with Crippen LogP contribution < -0.4 is 0 Å². The van der Waals surface area contributed by atoms with Crippen LogP contribution >= 0.6 is 0 Å². The van der Waals surface area contributed by atoms with Crippen molar-refractivity contribution < 1.29 is 14.3 Å². The number of unbranched alkanes of at least 4 members (excludes halogenated alkanes) is 3. The zero-order chi connectivity index (χ0) is 13.4. The van der Waals surface area contributed by atoms with Gasteiger partial charge in [0.1, 0.15) is 0 Å². The molecule has 0 saturated heterocycles. The van der Waals surface area contributed by atoms with Crippen LogP contribution in [0.25, 0.3) is 0 Å². The summed E-state index contributed by atoms with van der Waals surface area (Å²) in [6.07, 6.45) is 6.96. The van der Waals surface area contributed by atoms with Crippen LogP contribution in [0.3, 0.4) is 0 Å². The van der Waals surface area contributed by atoms with Crippen molar-refractivity contribution in [3.8, 4) is 0 Å². The van der Waals surface area contributed by atoms with E-state index in [1.807, 2.05) is 0 Å². The molecule has 0 N–H and O–H groups in total. The Hall–Kier alpha value is -0.570. The number of hydrogen-bond donors (Lipinski definition) is 0. The van der Waals surface area contributed by atoms with E-state index in [1.54, 1.807) is 0 Å². The lowest BCUT2D eigenvalue weighted by molar-refractivity contribution is -0.141. The highest BCUT2D eigenvalue weighted by Crippen LogP contribution is 1.91. The monoisotopic (exact) mass is 246 g/mol. The summed E-state index contributed by atoms with van der Waals surface area (Å²) in [4.78, 5) is 10.1. The molecule has 0 aromatic heterocycles. The molecule has 0 fully saturated rings. The first-order valence-electron chi connectivity index (χ1n) is 6.90. The van der Waals surface area contributed by atoms with E-state index in [0.29, 0.717) is 6.61 Å². The lowest BCUT2D eigenvalue weighted by Crippen LogP contribution is -1.99. The third-order valence-electron chi connectivity index (χ3n) is 2.09. The molecule has 0 aliphatic rings. The van der Waals surface area contributed by atoms with Gasteiger partial charge in [0.15, 0.2) is 0 Å². The van der Waals surface area contributed by atoms with Crippen molar-refractivity contribution in [2.75, 3.05) is 19.8 Å². The van der Waals surface area contributed by atoms with Gasteiger partial charge in [0, 0.05) is 20.1 Å². The number of carbonyl (C=O) groups excluding carboxylic acids is 1. The minimum Gasteiger partial charge on any atom is -0.466 e. The predicted octanol–water partition coefficient (Wildman–Crippen LogP) is 3.95. The summed E-state index contributed by atoms with van der Waals surface area (Å²) in [5.41, 5.74) is 0. The smallest absolute Gasteiger partial charge is 0.302 e. The molecule has 0 aliphatic carbocycles. The topological polar surface area (TPSA) is 35.5 Å². The molecule has 0 amide bonds. The second-order valence-corrected chi connectivity index (χ2v) is 4.01. The lowest BCUT2D eigenvalue weighted by atomic mass is 10.3. The van der Waals surface area contributed by atoms with Gasteiger partial charge in [-0.25, -0.2) is 0 Å². The average Bonchev–Trinajstić information content (AvgIpc) is 2.30. The minimum absolute atomic E-state index is 0.182. The third-order valence-corrected chi connectivity index (χ3v) is 2.09. The van der Waals surface area contributed by atoms with Crippen LogP contribution in [-0.2, 0) is 14.3 Å². The number of carbonyl (C=O) groups is 1. The fraction of sp³-hybridized carbons (Fsp3) is 0.929. The van der Waals surface area contributed by atoms with E-state index in [1.165, 1.54) is 32.6 Å². The maximum absolute atomic E-state index is 10.1. The van der Waals surface area contributed by atoms with E-state index in [-0.39, 0.29) is 5.97 Å². The summed E-state index contributed by atoms with van der Waals surface area (Å²) in [5, 5.41) is 0. The van der Waals surface area contributed by atoms with E-state index >= 15 is 0 Å². The van der Waals surface area contributed by atoms with E-state index < -0.39 is 0 Å². The summed E-state index contributed by atoms with van der Waals surface area (Å²) in [7, 11) is 0. The first-order chi connectivity index (χ1) is 8.18. The normalized spacial score (nSPS) is 9.41. The van der Waals surface area contributed by atoms with Gasteiger partial charge in [-0.05, 0) is 19.3 Å². The molecular formula is C14H30O3. The van der Waals surface area contributed by atoms with Gasteiger partial charge < -0.3 is 9.47 Å². The van der Waals surface area contributed by atoms with Crippen LogP contribution in [0.2, 0.25) is 0 Å². The molecular weight excluding hydrogens is 216 g/mol. The minimum atomic E-state index is -0.182. The van der Waals surface area contributed by atoms with E-state index in [2.05, 4.69) is 25.5 Å². The van der Waals surface area contributed by atoms with Crippen molar-refractivity contribution >= 4 is 5.97 Å². The summed E-state index contributed by atoms with van der Waals surface area (Å²) in [5.74, 6) is -0.182. The molecule has 0 atom stereocenters. The second kappa shape index (κ2) is 17.8. The van der Waals surface area contributed by atoms with Gasteiger partial charge in [-0.15, -0.1) is 0 Å². The molecule has 0 aliphatic heterocycles. The van der Waals surface area contributed by atoms with Gasteiger partial charge in [0.2, 0.25) is 0 Å². The molecule has 0 saturated carbocycles. The number of esters is 1. The molecule has 0 spiro atoms. The Balaban J connectivity index is 0. The molecule has 0 heterocycles. The Labute approximate surface area is 107 Å². The third kappa shape index (κ3) is 25.6. The summed E-state index contributed by atoms with van der Waals surface area (Å²) < 4.78 is 9.96. The average molecular weight is 246 g/mol. The van der Waals surface area contributed by atoms with Crippen molar-refractivity contribution in [2.45, 2.75) is 66.2 Å². The number of ether oxygens (including phenoxy) is 2. The molecule has 3 nitrogen and oxygen atoms in total. The molecule has 0 rings (SSSR count). The van der Waals surface area contributed by atoms with Crippen LogP contribution in [0.15, 0.2) is 0 Å². The van der Waals surface area contributed by atoms with Crippen LogP contribution in [0.1, 0.15) is 66.2 Å². The van der Waals surface area contributed by atoms with E-state index in [0.717, 1.165) is 26.1 Å². The first kappa shape index (κ1) is 18.8. The van der Waals surface area contributed by atoms with Crippen molar-refractivity contribution in [3.63, 3.8) is 0 Å². The summed E-state index contributed by atoms with van der Waals surface area (Å²) in [6, 6.07) is 0. The maximum Gasteiger partial charge on any atom is 0.302 e. The van der Waals surface area contributed by atoms with Crippen LogP contribution in [-0.4, -0.2) is 25.8 Å². The van der Waals surface area contributed by atoms with Gasteiger partial charge in [-0.3, -0.25) is 4.79 Å². The van der Waals surface area contributed by atoms with Crippen LogP contribution in [0.5, 0.6) is 0 Å². The number of hydrogen-bond acceptors (Lipinski definition) is 3. The standard InChI is InChI=1S/C8H18O.C6H12O2/c1-3-5-7-9-8-6-4-2;1-3-4-5-8-6(2)7/h3-8H2,1-2H3;3-5H2,1-2H3. The first-order valence-corrected chi connectivity index (χ1v) is 6.90. The van der Waals surface area contributed by atoms with Gasteiger partial charge in [-0.1, -0.05) is 40.0 Å². The Morgan fingerprint density at radius 3 is 1.59 bits per heavy atom. The second-order valence-electron chi connectivity index (χ2n) is 4.01. The lowest BCUT2D eigenvalue weighted by Gasteiger charge is -1.99. The quantitative estimate of drug-likeness (QED) is 0.456. The molecule has 0 bridgehead atoms. The molecule has 104 valence electrons. The number of rotatable bonds is 9. The highest BCUT2D eigenvalue weighted by Gasteiger charge is 1.88. The highest BCUT2D eigenvalue weighted by atomic mass is 16.5. The zero-order valence-electron chi connectivity index (χ0n) is 12.1. The molecule has 0 unspecified atom stereocenters. The highest BCUT2D eigenvalue weighted by molar-refractivity contribution is 5.65. The van der Waals surface area contributed by atoms with Crippen molar-refractivity contribution in [3.05, 3.63) is 0 Å². The van der Waals surface area contributed by atoms with Crippen LogP contribution in [0, 0.1) is 0 Å². The Morgan fingerprint density at radius 1 is 0.824 bits per heavy atom. The maximum atomic E-state index is 10.1. The molecule has 0 radical (unpaired) electrons. The fourth-order valence-corrected chi connectivity index (χ4v) is 0.955. The predicted molar refractivity (Wildman–Crippen MR) is 72.2 cm³/mol. The summed E-state index contributed by atoms with van der Waals surface area (Å²) >= 11 is 0. The molecule has 0 aromatic carbocycles. The Bertz CT molecular complexity index is 140. The van der Waals surface area contributed by atoms with Crippen molar-refractivity contribution in [1.29, 1.82) is 0 Å². The molecule has 17 heavy (non-hydrogen) atoms. The van der Waals surface area contributed by atoms with Gasteiger partial charge in [0.05, 0.1) is 6.61 Å². The van der Waals surface area contributed by atoms with E-state index in [9.17, 15) is 4.79 Å².